The standard InChI is InChI=1S/C19H23NO3/c1-18-7-6-12(21)17-19(18)8-9-20(2)14(18)10-11-4-5-13(22-3)16(23-17)15(11)19/h4-5,14,17H,6-10H2,1-3H3/p+1/t14?,17?,18-,19-/m0/s1. The van der Waals surface area contributed by atoms with Crippen LogP contribution in [0.25, 0.3) is 0 Å². The normalized spacial score (nSPS) is 42.9. The molecule has 1 saturated carbocycles. The van der Waals surface area contributed by atoms with Crippen molar-refractivity contribution in [2.24, 2.45) is 5.41 Å². The second-order valence-corrected chi connectivity index (χ2v) is 8.09. The van der Waals surface area contributed by atoms with Gasteiger partial charge in [0.2, 0.25) is 0 Å². The van der Waals surface area contributed by atoms with Crippen molar-refractivity contribution in [3.05, 3.63) is 23.3 Å². The van der Waals surface area contributed by atoms with Gasteiger partial charge in [0.1, 0.15) is 0 Å². The zero-order valence-electron chi connectivity index (χ0n) is 14.1. The summed E-state index contributed by atoms with van der Waals surface area (Å²) in [4.78, 5) is 14.4. The van der Waals surface area contributed by atoms with E-state index in [0.717, 1.165) is 37.3 Å². The average molecular weight is 314 g/mol. The number of quaternary nitrogens is 1. The molecule has 2 aliphatic carbocycles. The first-order valence-corrected chi connectivity index (χ1v) is 8.75. The molecule has 5 atom stereocenters. The van der Waals surface area contributed by atoms with Gasteiger partial charge in [0, 0.05) is 30.2 Å². The number of Topliss-reactive ketones (excluding diaryl/α,β-unsaturated/α-hetero) is 1. The molecular formula is C19H24NO3+. The lowest BCUT2D eigenvalue weighted by Gasteiger charge is -2.61. The number of nitrogens with one attached hydrogen (secondary N) is 1. The molecule has 4 nitrogen and oxygen atoms in total. The highest BCUT2D eigenvalue weighted by atomic mass is 16.5. The number of methoxy groups -OCH3 is 1. The first-order chi connectivity index (χ1) is 11.0. The van der Waals surface area contributed by atoms with Crippen molar-refractivity contribution in [1.82, 2.24) is 0 Å². The van der Waals surface area contributed by atoms with E-state index < -0.39 is 0 Å². The van der Waals surface area contributed by atoms with Crippen molar-refractivity contribution in [2.75, 3.05) is 20.7 Å². The molecule has 1 spiro atoms. The summed E-state index contributed by atoms with van der Waals surface area (Å²) < 4.78 is 11.9. The molecule has 2 bridgehead atoms. The molecule has 1 N–H and O–H groups in total. The maximum Gasteiger partial charge on any atom is 0.174 e. The minimum absolute atomic E-state index is 0.135. The predicted molar refractivity (Wildman–Crippen MR) is 85.3 cm³/mol. The summed E-state index contributed by atoms with van der Waals surface area (Å²) in [7, 11) is 4.01. The second kappa shape index (κ2) is 4.10. The van der Waals surface area contributed by atoms with Crippen molar-refractivity contribution in [2.45, 2.75) is 50.2 Å². The molecule has 1 aromatic carbocycles. The Labute approximate surface area is 136 Å². The molecule has 0 aromatic heterocycles. The number of benzene rings is 1. The van der Waals surface area contributed by atoms with Crippen LogP contribution in [0.2, 0.25) is 0 Å². The Balaban J connectivity index is 1.86. The molecule has 2 fully saturated rings. The quantitative estimate of drug-likeness (QED) is 0.837. The summed E-state index contributed by atoms with van der Waals surface area (Å²) in [5.74, 6) is 1.92. The molecule has 4 heteroatoms. The second-order valence-electron chi connectivity index (χ2n) is 8.09. The van der Waals surface area contributed by atoms with Gasteiger partial charge in [0.05, 0.1) is 32.2 Å². The topological polar surface area (TPSA) is 40.0 Å². The molecule has 1 aromatic rings. The Morgan fingerprint density at radius 2 is 2.17 bits per heavy atom. The Kier molecular flexibility index (Phi) is 2.47. The van der Waals surface area contributed by atoms with Gasteiger partial charge in [-0.15, -0.1) is 0 Å². The summed E-state index contributed by atoms with van der Waals surface area (Å²) >= 11 is 0. The number of carbonyl (C=O) groups is 1. The summed E-state index contributed by atoms with van der Waals surface area (Å²) in [6.45, 7) is 3.53. The van der Waals surface area contributed by atoms with Gasteiger partial charge in [0.15, 0.2) is 23.4 Å². The van der Waals surface area contributed by atoms with Crippen molar-refractivity contribution in [3.63, 3.8) is 0 Å². The van der Waals surface area contributed by atoms with Crippen LogP contribution < -0.4 is 14.4 Å². The fourth-order valence-electron chi connectivity index (χ4n) is 6.31. The van der Waals surface area contributed by atoms with Gasteiger partial charge in [-0.05, 0) is 18.1 Å². The van der Waals surface area contributed by atoms with Gasteiger partial charge in [-0.2, -0.15) is 0 Å². The van der Waals surface area contributed by atoms with E-state index in [4.69, 9.17) is 9.47 Å². The molecule has 23 heavy (non-hydrogen) atoms. The highest BCUT2D eigenvalue weighted by molar-refractivity contribution is 5.89. The summed E-state index contributed by atoms with van der Waals surface area (Å²) in [5, 5.41) is 0. The average Bonchev–Trinajstić information content (AvgIpc) is 2.90. The van der Waals surface area contributed by atoms with E-state index in [1.165, 1.54) is 11.1 Å². The van der Waals surface area contributed by atoms with E-state index in [-0.39, 0.29) is 22.7 Å². The maximum absolute atomic E-state index is 12.8. The monoisotopic (exact) mass is 314 g/mol. The van der Waals surface area contributed by atoms with Crippen LogP contribution in [-0.4, -0.2) is 38.6 Å². The van der Waals surface area contributed by atoms with Gasteiger partial charge in [-0.25, -0.2) is 0 Å². The van der Waals surface area contributed by atoms with Crippen molar-refractivity contribution in [1.29, 1.82) is 0 Å². The number of ketones is 1. The van der Waals surface area contributed by atoms with Crippen molar-refractivity contribution in [3.8, 4) is 11.5 Å². The van der Waals surface area contributed by atoms with Gasteiger partial charge in [-0.1, -0.05) is 13.0 Å². The number of rotatable bonds is 1. The van der Waals surface area contributed by atoms with Gasteiger partial charge < -0.3 is 14.4 Å². The molecule has 122 valence electrons. The number of ether oxygens (including phenoxy) is 2. The maximum atomic E-state index is 12.8. The lowest BCUT2D eigenvalue weighted by Crippen LogP contribution is -3.18. The first kappa shape index (κ1) is 13.8. The van der Waals surface area contributed by atoms with Crippen LogP contribution in [0.1, 0.15) is 37.3 Å². The lowest BCUT2D eigenvalue weighted by atomic mass is 9.44. The number of hydrogen-bond acceptors (Lipinski definition) is 3. The summed E-state index contributed by atoms with van der Waals surface area (Å²) in [6.07, 6.45) is 3.46. The molecule has 2 aliphatic heterocycles. The number of hydrogen-bond donors (Lipinski definition) is 1. The van der Waals surface area contributed by atoms with E-state index in [0.29, 0.717) is 12.5 Å². The van der Waals surface area contributed by atoms with Crippen LogP contribution in [0.15, 0.2) is 12.1 Å². The fourth-order valence-corrected chi connectivity index (χ4v) is 6.31. The number of likely N-dealkylation sites (N-methyl/N-ethyl adjacent to an activating group) is 1. The number of piperidine rings is 1. The smallest absolute Gasteiger partial charge is 0.174 e. The van der Waals surface area contributed by atoms with Crippen molar-refractivity contribution >= 4 is 5.78 Å². The Hall–Kier alpha value is -1.55. The number of carbonyl (C=O) groups excluding carboxylic acids is 1. The zero-order chi connectivity index (χ0) is 16.0. The Bertz CT molecular complexity index is 730. The van der Waals surface area contributed by atoms with E-state index >= 15 is 0 Å². The van der Waals surface area contributed by atoms with E-state index in [9.17, 15) is 4.79 Å². The molecule has 4 aliphatic rings. The third kappa shape index (κ3) is 1.33. The van der Waals surface area contributed by atoms with Crippen molar-refractivity contribution < 1.29 is 19.2 Å². The van der Waals surface area contributed by atoms with Crippen LogP contribution in [0.4, 0.5) is 0 Å². The first-order valence-electron chi connectivity index (χ1n) is 8.75. The Morgan fingerprint density at radius 1 is 1.35 bits per heavy atom. The van der Waals surface area contributed by atoms with Crippen LogP contribution in [0.3, 0.4) is 0 Å². The van der Waals surface area contributed by atoms with Gasteiger partial charge >= 0.3 is 0 Å². The zero-order valence-corrected chi connectivity index (χ0v) is 14.1. The molecule has 2 heterocycles. The van der Waals surface area contributed by atoms with E-state index in [2.05, 4.69) is 20.0 Å². The molecule has 1 saturated heterocycles. The van der Waals surface area contributed by atoms with Crippen LogP contribution >= 0.6 is 0 Å². The van der Waals surface area contributed by atoms with Crippen LogP contribution in [0, 0.1) is 5.41 Å². The fraction of sp³-hybridized carbons (Fsp3) is 0.632. The largest absolute Gasteiger partial charge is 0.493 e. The molecule has 0 amide bonds. The van der Waals surface area contributed by atoms with Gasteiger partial charge in [0.25, 0.3) is 0 Å². The third-order valence-electron chi connectivity index (χ3n) is 7.46. The van der Waals surface area contributed by atoms with E-state index in [1.807, 2.05) is 6.07 Å². The molecule has 0 radical (unpaired) electrons. The minimum Gasteiger partial charge on any atom is -0.493 e. The third-order valence-corrected chi connectivity index (χ3v) is 7.46. The molecule has 5 rings (SSSR count). The van der Waals surface area contributed by atoms with Crippen LogP contribution in [0.5, 0.6) is 11.5 Å². The summed E-state index contributed by atoms with van der Waals surface area (Å²) in [6, 6.07) is 4.79. The van der Waals surface area contributed by atoms with Crippen LogP contribution in [-0.2, 0) is 16.6 Å². The number of likely N-dealkylation sites (tertiary alicyclic amines) is 1. The Morgan fingerprint density at radius 3 is 2.96 bits per heavy atom. The highest BCUT2D eigenvalue weighted by Gasteiger charge is 2.72. The summed E-state index contributed by atoms with van der Waals surface area (Å²) in [5.41, 5.74) is 2.68. The molecular weight excluding hydrogens is 290 g/mol. The SMILES string of the molecule is COc1ccc2c3c1OC1C(=O)CC[C@@]4(C)C(C2)[NH+](C)CC[C@]314. The van der Waals surface area contributed by atoms with Gasteiger partial charge in [-0.3, -0.25) is 4.79 Å². The van der Waals surface area contributed by atoms with E-state index in [1.54, 1.807) is 12.0 Å². The lowest BCUT2D eigenvalue weighted by molar-refractivity contribution is -0.924. The predicted octanol–water partition coefficient (Wildman–Crippen LogP) is 0.906. The highest BCUT2D eigenvalue weighted by Crippen LogP contribution is 2.66. The minimum atomic E-state index is -0.304. The molecule has 3 unspecified atom stereocenters.